The summed E-state index contributed by atoms with van der Waals surface area (Å²) in [6, 6.07) is 0. The number of carbonyl (C=O) groups is 1. The van der Waals surface area contributed by atoms with Crippen LogP contribution in [0.25, 0.3) is 0 Å². The molecule has 4 nitrogen and oxygen atoms in total. The van der Waals surface area contributed by atoms with Gasteiger partial charge < -0.3 is 9.64 Å². The van der Waals surface area contributed by atoms with E-state index in [1.54, 1.807) is 0 Å². The summed E-state index contributed by atoms with van der Waals surface area (Å²) in [5.41, 5.74) is 0. The molecule has 0 bridgehead atoms. The van der Waals surface area contributed by atoms with Crippen molar-refractivity contribution in [3.63, 3.8) is 0 Å². The fraction of sp³-hybridized carbons (Fsp3) is 0.917. The molecule has 2 fully saturated rings. The average Bonchev–Trinajstić information content (AvgIpc) is 2.40. The highest BCUT2D eigenvalue weighted by molar-refractivity contribution is 7.96. The Bertz CT molecular complexity index is 249. The van der Waals surface area contributed by atoms with E-state index in [0.29, 0.717) is 19.1 Å². The van der Waals surface area contributed by atoms with Gasteiger partial charge in [-0.3, -0.25) is 9.10 Å². The monoisotopic (exact) mass is 258 g/mol. The van der Waals surface area contributed by atoms with Crippen molar-refractivity contribution in [1.82, 2.24) is 9.21 Å². The molecule has 17 heavy (non-hydrogen) atoms. The van der Waals surface area contributed by atoms with Crippen LogP contribution in [0.1, 0.15) is 19.8 Å². The molecule has 5 heteroatoms. The summed E-state index contributed by atoms with van der Waals surface area (Å²) in [7, 11) is 0. The highest BCUT2D eigenvalue weighted by atomic mass is 32.2. The fourth-order valence-corrected chi connectivity index (χ4v) is 3.29. The predicted octanol–water partition coefficient (Wildman–Crippen LogP) is 1.23. The van der Waals surface area contributed by atoms with Gasteiger partial charge in [0.1, 0.15) is 0 Å². The zero-order chi connectivity index (χ0) is 12.1. The van der Waals surface area contributed by atoms with Crippen molar-refractivity contribution in [2.75, 3.05) is 45.1 Å². The largest absolute Gasteiger partial charge is 0.378 e. The molecule has 0 N–H and O–H groups in total. The summed E-state index contributed by atoms with van der Waals surface area (Å²) >= 11 is 1.89. The van der Waals surface area contributed by atoms with E-state index in [0.717, 1.165) is 44.8 Å². The number of hydrogen-bond acceptors (Lipinski definition) is 4. The molecular weight excluding hydrogens is 236 g/mol. The maximum atomic E-state index is 12.3. The lowest BCUT2D eigenvalue weighted by atomic mass is 9.96. The van der Waals surface area contributed by atoms with Crippen molar-refractivity contribution in [3.8, 4) is 0 Å². The molecule has 0 saturated carbocycles. The zero-order valence-corrected chi connectivity index (χ0v) is 11.4. The van der Waals surface area contributed by atoms with Gasteiger partial charge in [0, 0.05) is 37.8 Å². The SMILES string of the molecule is CCSN1CCC(C(=O)N2CCOCC2)CC1. The molecule has 98 valence electrons. The third-order valence-corrected chi connectivity index (χ3v) is 4.43. The highest BCUT2D eigenvalue weighted by Gasteiger charge is 2.29. The average molecular weight is 258 g/mol. The molecule has 2 saturated heterocycles. The second kappa shape index (κ2) is 6.61. The van der Waals surface area contributed by atoms with E-state index >= 15 is 0 Å². The van der Waals surface area contributed by atoms with Gasteiger partial charge in [-0.15, -0.1) is 0 Å². The molecule has 2 aliphatic heterocycles. The van der Waals surface area contributed by atoms with Crippen molar-refractivity contribution >= 4 is 17.9 Å². The Morgan fingerprint density at radius 2 is 1.88 bits per heavy atom. The van der Waals surface area contributed by atoms with Crippen molar-refractivity contribution < 1.29 is 9.53 Å². The van der Waals surface area contributed by atoms with Gasteiger partial charge in [0.15, 0.2) is 0 Å². The van der Waals surface area contributed by atoms with E-state index in [4.69, 9.17) is 4.74 Å². The van der Waals surface area contributed by atoms with E-state index in [2.05, 4.69) is 11.2 Å². The first-order chi connectivity index (χ1) is 8.31. The van der Waals surface area contributed by atoms with Gasteiger partial charge in [0.25, 0.3) is 0 Å². The van der Waals surface area contributed by atoms with E-state index in [9.17, 15) is 4.79 Å². The van der Waals surface area contributed by atoms with Crippen molar-refractivity contribution in [2.45, 2.75) is 19.8 Å². The molecule has 1 amide bonds. The lowest BCUT2D eigenvalue weighted by Crippen LogP contribution is -2.46. The highest BCUT2D eigenvalue weighted by Crippen LogP contribution is 2.24. The quantitative estimate of drug-likeness (QED) is 0.713. The molecule has 2 aliphatic rings. The van der Waals surface area contributed by atoms with Gasteiger partial charge in [-0.25, -0.2) is 0 Å². The summed E-state index contributed by atoms with van der Waals surface area (Å²) in [5, 5.41) is 0. The Kier molecular flexibility index (Phi) is 5.13. The van der Waals surface area contributed by atoms with Crippen molar-refractivity contribution in [2.24, 2.45) is 5.92 Å². The summed E-state index contributed by atoms with van der Waals surface area (Å²) in [5.74, 6) is 1.73. The van der Waals surface area contributed by atoms with Gasteiger partial charge in [-0.2, -0.15) is 0 Å². The molecule has 0 unspecified atom stereocenters. The standard InChI is InChI=1S/C12H22N2O2S/c1-2-17-14-5-3-11(4-6-14)12(15)13-7-9-16-10-8-13/h11H,2-10H2,1H3. The summed E-state index contributed by atoms with van der Waals surface area (Å²) in [6.45, 7) is 7.26. The van der Waals surface area contributed by atoms with Crippen LogP contribution in [0.15, 0.2) is 0 Å². The maximum Gasteiger partial charge on any atom is 0.225 e. The number of hydrogen-bond donors (Lipinski definition) is 0. The molecule has 0 atom stereocenters. The Balaban J connectivity index is 1.77. The smallest absolute Gasteiger partial charge is 0.225 e. The van der Waals surface area contributed by atoms with Crippen molar-refractivity contribution in [1.29, 1.82) is 0 Å². The van der Waals surface area contributed by atoms with Crippen LogP contribution in [0, 0.1) is 5.92 Å². The molecular formula is C12H22N2O2S. The van der Waals surface area contributed by atoms with Crippen molar-refractivity contribution in [3.05, 3.63) is 0 Å². The minimum Gasteiger partial charge on any atom is -0.378 e. The van der Waals surface area contributed by atoms with Crippen LogP contribution in [0.5, 0.6) is 0 Å². The lowest BCUT2D eigenvalue weighted by molar-refractivity contribution is -0.140. The third kappa shape index (κ3) is 3.60. The summed E-state index contributed by atoms with van der Waals surface area (Å²) in [6.07, 6.45) is 2.03. The van der Waals surface area contributed by atoms with E-state index < -0.39 is 0 Å². The number of morpholine rings is 1. The number of ether oxygens (including phenoxy) is 1. The lowest BCUT2D eigenvalue weighted by Gasteiger charge is -2.34. The molecule has 0 aromatic heterocycles. The Labute approximate surface area is 108 Å². The van der Waals surface area contributed by atoms with Crippen LogP contribution in [0.4, 0.5) is 0 Å². The van der Waals surface area contributed by atoms with Gasteiger partial charge in [0.2, 0.25) is 5.91 Å². The molecule has 0 spiro atoms. The number of carbonyl (C=O) groups excluding carboxylic acids is 1. The van der Waals surface area contributed by atoms with Gasteiger partial charge in [-0.1, -0.05) is 18.9 Å². The van der Waals surface area contributed by atoms with Gasteiger partial charge in [-0.05, 0) is 12.8 Å². The molecule has 0 radical (unpaired) electrons. The first kappa shape index (κ1) is 13.2. The minimum absolute atomic E-state index is 0.252. The normalized spacial score (nSPS) is 23.9. The number of rotatable bonds is 3. The van der Waals surface area contributed by atoms with Gasteiger partial charge >= 0.3 is 0 Å². The minimum atomic E-state index is 0.252. The predicted molar refractivity (Wildman–Crippen MR) is 69.8 cm³/mol. The second-order valence-electron chi connectivity index (χ2n) is 4.56. The van der Waals surface area contributed by atoms with E-state index in [1.807, 2.05) is 16.8 Å². The summed E-state index contributed by atoms with van der Waals surface area (Å²) in [4.78, 5) is 14.2. The zero-order valence-electron chi connectivity index (χ0n) is 10.6. The Morgan fingerprint density at radius 3 is 2.47 bits per heavy atom. The molecule has 0 aromatic carbocycles. The van der Waals surface area contributed by atoms with Crippen LogP contribution in [0.2, 0.25) is 0 Å². The third-order valence-electron chi connectivity index (χ3n) is 3.44. The Hall–Kier alpha value is -0.260. The fourth-order valence-electron chi connectivity index (χ4n) is 2.46. The first-order valence-electron chi connectivity index (χ1n) is 6.55. The van der Waals surface area contributed by atoms with Crippen LogP contribution < -0.4 is 0 Å². The molecule has 0 aromatic rings. The number of nitrogens with zero attached hydrogens (tertiary/aromatic N) is 2. The first-order valence-corrected chi connectivity index (χ1v) is 7.50. The molecule has 2 rings (SSSR count). The number of piperidine rings is 1. The van der Waals surface area contributed by atoms with Crippen LogP contribution in [-0.4, -0.2) is 60.3 Å². The summed E-state index contributed by atoms with van der Waals surface area (Å²) < 4.78 is 7.67. The maximum absolute atomic E-state index is 12.3. The number of amides is 1. The Morgan fingerprint density at radius 1 is 1.24 bits per heavy atom. The van der Waals surface area contributed by atoms with E-state index in [1.165, 1.54) is 0 Å². The molecule has 2 heterocycles. The van der Waals surface area contributed by atoms with Crippen LogP contribution >= 0.6 is 11.9 Å². The molecule has 0 aliphatic carbocycles. The topological polar surface area (TPSA) is 32.8 Å². The van der Waals surface area contributed by atoms with Gasteiger partial charge in [0.05, 0.1) is 13.2 Å². The van der Waals surface area contributed by atoms with Crippen LogP contribution in [-0.2, 0) is 9.53 Å². The van der Waals surface area contributed by atoms with Crippen LogP contribution in [0.3, 0.4) is 0 Å². The second-order valence-corrected chi connectivity index (χ2v) is 5.91. The van der Waals surface area contributed by atoms with E-state index in [-0.39, 0.29) is 5.92 Å².